The van der Waals surface area contributed by atoms with Crippen LogP contribution in [0.3, 0.4) is 0 Å². The highest BCUT2D eigenvalue weighted by Gasteiger charge is 2.13. The Morgan fingerprint density at radius 2 is 1.84 bits per heavy atom. The predicted molar refractivity (Wildman–Crippen MR) is 99.4 cm³/mol. The highest BCUT2D eigenvalue weighted by molar-refractivity contribution is 5.94. The molecule has 0 bridgehead atoms. The third-order valence-corrected chi connectivity index (χ3v) is 4.90. The number of hydrogen-bond acceptors (Lipinski definition) is 3. The van der Waals surface area contributed by atoms with Crippen molar-refractivity contribution in [3.63, 3.8) is 0 Å². The summed E-state index contributed by atoms with van der Waals surface area (Å²) in [6.45, 7) is 4.07. The van der Waals surface area contributed by atoms with Crippen molar-refractivity contribution in [2.24, 2.45) is 7.05 Å². The minimum Gasteiger partial charge on any atom is -0.341 e. The minimum atomic E-state index is 0.0772. The fraction of sp³-hybridized carbons (Fsp3) is 0.500. The topological polar surface area (TPSA) is 41.4 Å². The van der Waals surface area contributed by atoms with Crippen LogP contribution in [0.25, 0.3) is 0 Å². The van der Waals surface area contributed by atoms with Crippen LogP contribution < -0.4 is 0 Å². The highest BCUT2D eigenvalue weighted by Crippen LogP contribution is 2.14. The molecule has 1 saturated heterocycles. The molecule has 0 aliphatic carbocycles. The first-order valence-corrected chi connectivity index (χ1v) is 9.16. The number of likely N-dealkylation sites (tertiary alicyclic amines) is 1. The fourth-order valence-electron chi connectivity index (χ4n) is 3.35. The lowest BCUT2D eigenvalue weighted by atomic mass is 10.1. The molecule has 3 rings (SSSR count). The number of benzene rings is 1. The van der Waals surface area contributed by atoms with E-state index in [0.29, 0.717) is 6.54 Å². The Morgan fingerprint density at radius 1 is 1.12 bits per heavy atom. The standard InChI is InChI=1S/C20H28N4O/c1-22(13-10-18-14-21-23(2)15-18)20(25)19-8-6-17(7-9-19)16-24-11-4-3-5-12-24/h6-9,14-15H,3-5,10-13,16H2,1-2H3. The summed E-state index contributed by atoms with van der Waals surface area (Å²) in [6, 6.07) is 8.11. The summed E-state index contributed by atoms with van der Waals surface area (Å²) in [5.41, 5.74) is 3.20. The van der Waals surface area contributed by atoms with Crippen LogP contribution in [-0.2, 0) is 20.0 Å². The van der Waals surface area contributed by atoms with Gasteiger partial charge in [0.2, 0.25) is 0 Å². The summed E-state index contributed by atoms with van der Waals surface area (Å²) in [6.07, 6.45) is 8.64. The molecular weight excluding hydrogens is 312 g/mol. The zero-order chi connectivity index (χ0) is 17.6. The Labute approximate surface area is 150 Å². The molecule has 0 spiro atoms. The number of hydrogen-bond donors (Lipinski definition) is 0. The summed E-state index contributed by atoms with van der Waals surface area (Å²) in [5, 5.41) is 4.16. The van der Waals surface area contributed by atoms with Crippen LogP contribution in [0.1, 0.15) is 40.7 Å². The van der Waals surface area contributed by atoms with E-state index in [9.17, 15) is 4.79 Å². The lowest BCUT2D eigenvalue weighted by Crippen LogP contribution is -2.29. The zero-order valence-electron chi connectivity index (χ0n) is 15.3. The monoisotopic (exact) mass is 340 g/mol. The molecule has 134 valence electrons. The van der Waals surface area contributed by atoms with Gasteiger partial charge in [0.25, 0.3) is 5.91 Å². The van der Waals surface area contributed by atoms with Crippen LogP contribution in [0, 0.1) is 0 Å². The van der Waals surface area contributed by atoms with Crippen molar-refractivity contribution in [3.8, 4) is 0 Å². The molecule has 25 heavy (non-hydrogen) atoms. The predicted octanol–water partition coefficient (Wildman–Crippen LogP) is 2.72. The number of piperidine rings is 1. The van der Waals surface area contributed by atoms with E-state index in [0.717, 1.165) is 24.1 Å². The van der Waals surface area contributed by atoms with E-state index in [4.69, 9.17) is 0 Å². The molecule has 0 atom stereocenters. The Hall–Kier alpha value is -2.14. The second-order valence-electron chi connectivity index (χ2n) is 7.03. The van der Waals surface area contributed by atoms with Gasteiger partial charge in [0.1, 0.15) is 0 Å². The number of likely N-dealkylation sites (N-methyl/N-ethyl adjacent to an activating group) is 1. The number of aryl methyl sites for hydroxylation is 1. The average molecular weight is 340 g/mol. The summed E-state index contributed by atoms with van der Waals surface area (Å²) < 4.78 is 1.79. The summed E-state index contributed by atoms with van der Waals surface area (Å²) in [4.78, 5) is 16.9. The van der Waals surface area contributed by atoms with E-state index < -0.39 is 0 Å². The van der Waals surface area contributed by atoms with Crippen molar-refractivity contribution < 1.29 is 4.79 Å². The molecule has 2 heterocycles. The van der Waals surface area contributed by atoms with Crippen LogP contribution in [0.2, 0.25) is 0 Å². The normalized spacial score (nSPS) is 15.3. The number of carbonyl (C=O) groups excluding carboxylic acids is 1. The molecule has 0 saturated carbocycles. The molecule has 5 nitrogen and oxygen atoms in total. The quantitative estimate of drug-likeness (QED) is 0.812. The van der Waals surface area contributed by atoms with Gasteiger partial charge in [-0.05, 0) is 55.6 Å². The van der Waals surface area contributed by atoms with Gasteiger partial charge in [-0.3, -0.25) is 14.4 Å². The number of rotatable bonds is 6. The second kappa shape index (κ2) is 8.30. The molecule has 1 aromatic carbocycles. The molecule has 1 aromatic heterocycles. The summed E-state index contributed by atoms with van der Waals surface area (Å²) in [7, 11) is 3.77. The number of aromatic nitrogens is 2. The minimum absolute atomic E-state index is 0.0772. The Morgan fingerprint density at radius 3 is 2.48 bits per heavy atom. The van der Waals surface area contributed by atoms with E-state index >= 15 is 0 Å². The third-order valence-electron chi connectivity index (χ3n) is 4.90. The van der Waals surface area contributed by atoms with Crippen molar-refractivity contribution in [3.05, 3.63) is 53.3 Å². The number of carbonyl (C=O) groups is 1. The first-order valence-electron chi connectivity index (χ1n) is 9.16. The van der Waals surface area contributed by atoms with E-state index in [1.54, 1.807) is 9.58 Å². The first kappa shape index (κ1) is 17.7. The van der Waals surface area contributed by atoms with E-state index in [1.165, 1.54) is 37.9 Å². The lowest BCUT2D eigenvalue weighted by molar-refractivity contribution is 0.0796. The van der Waals surface area contributed by atoms with Crippen LogP contribution in [0.15, 0.2) is 36.7 Å². The molecule has 1 aliphatic heterocycles. The maximum Gasteiger partial charge on any atom is 0.253 e. The molecule has 1 aliphatic rings. The molecule has 0 N–H and O–H groups in total. The van der Waals surface area contributed by atoms with Gasteiger partial charge >= 0.3 is 0 Å². The maximum atomic E-state index is 12.6. The molecule has 1 amide bonds. The molecule has 5 heteroatoms. The number of nitrogens with zero attached hydrogens (tertiary/aromatic N) is 4. The molecule has 0 radical (unpaired) electrons. The van der Waals surface area contributed by atoms with Gasteiger partial charge in [0, 0.05) is 38.9 Å². The van der Waals surface area contributed by atoms with Crippen molar-refractivity contribution in [1.82, 2.24) is 19.6 Å². The van der Waals surface area contributed by atoms with Gasteiger partial charge in [-0.1, -0.05) is 18.6 Å². The van der Waals surface area contributed by atoms with E-state index in [1.807, 2.05) is 38.6 Å². The molecular formula is C20H28N4O. The Bertz CT molecular complexity index is 686. The molecule has 0 unspecified atom stereocenters. The van der Waals surface area contributed by atoms with Gasteiger partial charge in [-0.2, -0.15) is 5.10 Å². The van der Waals surface area contributed by atoms with Crippen molar-refractivity contribution in [2.75, 3.05) is 26.7 Å². The lowest BCUT2D eigenvalue weighted by Gasteiger charge is -2.26. The largest absolute Gasteiger partial charge is 0.341 e. The van der Waals surface area contributed by atoms with E-state index in [-0.39, 0.29) is 5.91 Å². The molecule has 1 fully saturated rings. The van der Waals surface area contributed by atoms with Crippen LogP contribution in [0.5, 0.6) is 0 Å². The van der Waals surface area contributed by atoms with Crippen molar-refractivity contribution in [2.45, 2.75) is 32.2 Å². The van der Waals surface area contributed by atoms with E-state index in [2.05, 4.69) is 22.1 Å². The molecule has 2 aromatic rings. The maximum absolute atomic E-state index is 12.6. The zero-order valence-corrected chi connectivity index (χ0v) is 15.3. The number of amides is 1. The SMILES string of the molecule is CN(CCc1cnn(C)c1)C(=O)c1ccc(CN2CCCCC2)cc1. The second-order valence-corrected chi connectivity index (χ2v) is 7.03. The first-order chi connectivity index (χ1) is 12.1. The van der Waals surface area contributed by atoms with Gasteiger partial charge < -0.3 is 4.90 Å². The van der Waals surface area contributed by atoms with Crippen molar-refractivity contribution >= 4 is 5.91 Å². The summed E-state index contributed by atoms with van der Waals surface area (Å²) in [5.74, 6) is 0.0772. The van der Waals surface area contributed by atoms with Crippen LogP contribution >= 0.6 is 0 Å². The van der Waals surface area contributed by atoms with Gasteiger partial charge in [-0.25, -0.2) is 0 Å². The highest BCUT2D eigenvalue weighted by atomic mass is 16.2. The Kier molecular flexibility index (Phi) is 5.87. The van der Waals surface area contributed by atoms with Gasteiger partial charge in [0.15, 0.2) is 0 Å². The smallest absolute Gasteiger partial charge is 0.253 e. The van der Waals surface area contributed by atoms with Crippen LogP contribution in [-0.4, -0.2) is 52.2 Å². The fourth-order valence-corrected chi connectivity index (χ4v) is 3.35. The van der Waals surface area contributed by atoms with Crippen LogP contribution in [0.4, 0.5) is 0 Å². The van der Waals surface area contributed by atoms with Gasteiger partial charge in [0.05, 0.1) is 6.20 Å². The van der Waals surface area contributed by atoms with Gasteiger partial charge in [-0.15, -0.1) is 0 Å². The summed E-state index contributed by atoms with van der Waals surface area (Å²) >= 11 is 0. The third kappa shape index (κ3) is 4.92. The average Bonchev–Trinajstić information content (AvgIpc) is 3.06. The Balaban J connectivity index is 1.52. The van der Waals surface area contributed by atoms with Crippen molar-refractivity contribution in [1.29, 1.82) is 0 Å².